The summed E-state index contributed by atoms with van der Waals surface area (Å²) in [5.41, 5.74) is 6.82. The second kappa shape index (κ2) is 5.99. The molecular weight excluding hydrogens is 336 g/mol. The summed E-state index contributed by atoms with van der Waals surface area (Å²) in [5.74, 6) is 0. The third-order valence-corrected chi connectivity index (χ3v) is 5.28. The number of hydrogen-bond donors (Lipinski definition) is 2. The lowest BCUT2D eigenvalue weighted by molar-refractivity contribution is 0.594. The summed E-state index contributed by atoms with van der Waals surface area (Å²) in [6.07, 6.45) is 0.345. The van der Waals surface area contributed by atoms with Crippen molar-refractivity contribution in [2.24, 2.45) is 5.73 Å². The van der Waals surface area contributed by atoms with Crippen LogP contribution in [-0.4, -0.2) is 18.7 Å². The molecule has 0 fully saturated rings. The van der Waals surface area contributed by atoms with E-state index in [1.54, 1.807) is 13.0 Å². The molecule has 1 aromatic carbocycles. The highest BCUT2D eigenvalue weighted by atomic mass is 79.9. The smallest absolute Gasteiger partial charge is 0.242 e. The van der Waals surface area contributed by atoms with Gasteiger partial charge in [-0.2, -0.15) is 0 Å². The normalized spacial score (nSPS) is 13.1. The molecule has 0 saturated heterocycles. The quantitative estimate of drug-likeness (QED) is 0.800. The van der Waals surface area contributed by atoms with Crippen molar-refractivity contribution >= 4 is 48.8 Å². The molecule has 4 nitrogen and oxygen atoms in total. The number of thiocarbonyl (C=S) groups is 1. The van der Waals surface area contributed by atoms with Gasteiger partial charge in [0.15, 0.2) is 0 Å². The van der Waals surface area contributed by atoms with Gasteiger partial charge in [0.05, 0.1) is 10.7 Å². The zero-order valence-corrected chi connectivity index (χ0v) is 13.3. The van der Waals surface area contributed by atoms with Crippen LogP contribution in [0.25, 0.3) is 0 Å². The number of nitrogens with two attached hydrogens (primary N) is 1. The Bertz CT molecular complexity index is 558. The van der Waals surface area contributed by atoms with E-state index in [0.29, 0.717) is 12.1 Å². The molecule has 0 saturated carbocycles. The fourth-order valence-electron chi connectivity index (χ4n) is 1.50. The summed E-state index contributed by atoms with van der Waals surface area (Å²) < 4.78 is 27.6. The lowest BCUT2D eigenvalue weighted by Gasteiger charge is -2.17. The molecule has 0 heterocycles. The summed E-state index contributed by atoms with van der Waals surface area (Å²) in [6.45, 7) is 3.56. The number of hydrogen-bond acceptors (Lipinski definition) is 3. The van der Waals surface area contributed by atoms with Crippen LogP contribution in [-0.2, 0) is 10.0 Å². The topological polar surface area (TPSA) is 72.2 Å². The third-order valence-electron chi connectivity index (χ3n) is 2.51. The molecule has 0 radical (unpaired) electrons. The maximum Gasteiger partial charge on any atom is 0.242 e. The van der Waals surface area contributed by atoms with Crippen molar-refractivity contribution in [2.75, 3.05) is 4.72 Å². The van der Waals surface area contributed by atoms with Crippen LogP contribution >= 0.6 is 28.1 Å². The van der Waals surface area contributed by atoms with Crippen molar-refractivity contribution in [2.45, 2.75) is 25.5 Å². The Morgan fingerprint density at radius 3 is 2.67 bits per heavy atom. The summed E-state index contributed by atoms with van der Waals surface area (Å²) in [7, 11) is -3.60. The van der Waals surface area contributed by atoms with Crippen molar-refractivity contribution in [1.29, 1.82) is 0 Å². The van der Waals surface area contributed by atoms with Gasteiger partial charge in [-0.1, -0.05) is 41.1 Å². The summed E-state index contributed by atoms with van der Waals surface area (Å²) in [4.78, 5) is -0.0161. The van der Waals surface area contributed by atoms with Gasteiger partial charge in [-0.3, -0.25) is 4.72 Å². The molecule has 1 rings (SSSR count). The van der Waals surface area contributed by atoms with Gasteiger partial charge in [-0.05, 0) is 31.0 Å². The minimum Gasteiger partial charge on any atom is -0.392 e. The number of benzene rings is 1. The van der Waals surface area contributed by atoms with E-state index in [4.69, 9.17) is 18.0 Å². The van der Waals surface area contributed by atoms with Crippen LogP contribution in [0.1, 0.15) is 18.9 Å². The van der Waals surface area contributed by atoms with E-state index >= 15 is 0 Å². The highest BCUT2D eigenvalue weighted by Gasteiger charge is 2.26. The molecule has 0 aromatic heterocycles. The first-order chi connectivity index (χ1) is 8.27. The van der Waals surface area contributed by atoms with Crippen LogP contribution in [0.15, 0.2) is 22.7 Å². The molecule has 100 valence electrons. The molecule has 0 spiro atoms. The van der Waals surface area contributed by atoms with Gasteiger partial charge in [0.2, 0.25) is 10.0 Å². The lowest BCUT2D eigenvalue weighted by Crippen LogP contribution is -2.37. The summed E-state index contributed by atoms with van der Waals surface area (Å²) in [5, 5.41) is -0.856. The van der Waals surface area contributed by atoms with Crippen LogP contribution < -0.4 is 10.5 Å². The first kappa shape index (κ1) is 15.4. The molecule has 1 aromatic rings. The number of aryl methyl sites for hydroxylation is 1. The standard InChI is InChI=1S/C11H15BrN2O2S2/c1-3-10(11(13)17)18(15,16)14-9-6-8(12)5-4-7(9)2/h4-6,10,14H,3H2,1-2H3,(H2,13,17). The zero-order valence-electron chi connectivity index (χ0n) is 10.1. The fraction of sp³-hybridized carbons (Fsp3) is 0.364. The maximum absolute atomic E-state index is 12.1. The zero-order chi connectivity index (χ0) is 13.9. The van der Waals surface area contributed by atoms with E-state index in [9.17, 15) is 8.42 Å². The van der Waals surface area contributed by atoms with Crippen molar-refractivity contribution < 1.29 is 8.42 Å². The Hall–Kier alpha value is -0.660. The average Bonchev–Trinajstić information content (AvgIpc) is 2.22. The molecule has 7 heteroatoms. The molecule has 0 aliphatic heterocycles. The van der Waals surface area contributed by atoms with Gasteiger partial charge in [0, 0.05) is 4.47 Å². The summed E-state index contributed by atoms with van der Waals surface area (Å²) in [6, 6.07) is 5.38. The first-order valence-electron chi connectivity index (χ1n) is 5.35. The van der Waals surface area contributed by atoms with Crippen LogP contribution in [0, 0.1) is 6.92 Å². The lowest BCUT2D eigenvalue weighted by atomic mass is 10.2. The van der Waals surface area contributed by atoms with Gasteiger partial charge in [-0.25, -0.2) is 8.42 Å². The van der Waals surface area contributed by atoms with E-state index in [1.807, 2.05) is 19.1 Å². The van der Waals surface area contributed by atoms with Gasteiger partial charge in [-0.15, -0.1) is 0 Å². The van der Waals surface area contributed by atoms with Crippen LogP contribution in [0.3, 0.4) is 0 Å². The molecule has 18 heavy (non-hydrogen) atoms. The fourth-order valence-corrected chi connectivity index (χ4v) is 3.82. The number of anilines is 1. The minimum absolute atomic E-state index is 0.0161. The highest BCUT2D eigenvalue weighted by molar-refractivity contribution is 9.10. The molecule has 3 N–H and O–H groups in total. The number of halogens is 1. The molecule has 0 bridgehead atoms. The number of sulfonamides is 1. The molecule has 0 aliphatic carbocycles. The predicted octanol–water partition coefficient (Wildman–Crippen LogP) is 2.56. The van der Waals surface area contributed by atoms with E-state index in [1.165, 1.54) is 0 Å². The van der Waals surface area contributed by atoms with E-state index in [0.717, 1.165) is 10.0 Å². The third kappa shape index (κ3) is 3.66. The van der Waals surface area contributed by atoms with Crippen LogP contribution in [0.4, 0.5) is 5.69 Å². The second-order valence-electron chi connectivity index (χ2n) is 3.91. The van der Waals surface area contributed by atoms with Gasteiger partial charge in [0.1, 0.15) is 5.25 Å². The van der Waals surface area contributed by atoms with Gasteiger partial charge in [0.25, 0.3) is 0 Å². The van der Waals surface area contributed by atoms with Gasteiger partial charge < -0.3 is 5.73 Å². The second-order valence-corrected chi connectivity index (χ2v) is 7.16. The Morgan fingerprint density at radius 2 is 2.17 bits per heavy atom. The molecular formula is C11H15BrN2O2S2. The van der Waals surface area contributed by atoms with Crippen LogP contribution in [0.5, 0.6) is 0 Å². The monoisotopic (exact) mass is 350 g/mol. The molecule has 0 aliphatic rings. The van der Waals surface area contributed by atoms with Crippen molar-refractivity contribution in [1.82, 2.24) is 0 Å². The highest BCUT2D eigenvalue weighted by Crippen LogP contribution is 2.23. The predicted molar refractivity (Wildman–Crippen MR) is 82.3 cm³/mol. The molecule has 0 amide bonds. The Balaban J connectivity index is 3.09. The van der Waals surface area contributed by atoms with Crippen molar-refractivity contribution in [3.05, 3.63) is 28.2 Å². The van der Waals surface area contributed by atoms with Crippen molar-refractivity contribution in [3.8, 4) is 0 Å². The van der Waals surface area contributed by atoms with E-state index in [-0.39, 0.29) is 4.99 Å². The van der Waals surface area contributed by atoms with E-state index in [2.05, 4.69) is 20.7 Å². The number of nitrogens with one attached hydrogen (secondary N) is 1. The summed E-state index contributed by atoms with van der Waals surface area (Å²) >= 11 is 8.09. The first-order valence-corrected chi connectivity index (χ1v) is 8.09. The minimum atomic E-state index is -3.60. The van der Waals surface area contributed by atoms with Crippen molar-refractivity contribution in [3.63, 3.8) is 0 Å². The Labute approximate surface area is 121 Å². The van der Waals surface area contributed by atoms with Crippen LogP contribution in [0.2, 0.25) is 0 Å². The van der Waals surface area contributed by atoms with Gasteiger partial charge >= 0.3 is 0 Å². The Kier molecular flexibility index (Phi) is 5.12. The SMILES string of the molecule is CCC(C(N)=S)S(=O)(=O)Nc1cc(Br)ccc1C. The largest absolute Gasteiger partial charge is 0.392 e. The maximum atomic E-state index is 12.1. The van der Waals surface area contributed by atoms with E-state index < -0.39 is 15.3 Å². The number of rotatable bonds is 5. The Morgan fingerprint density at radius 1 is 1.56 bits per heavy atom. The average molecular weight is 351 g/mol. The molecule has 1 atom stereocenters. The molecule has 1 unspecified atom stereocenters.